The van der Waals surface area contributed by atoms with Crippen LogP contribution >= 0.6 is 23.2 Å². The fraction of sp³-hybridized carbons (Fsp3) is 0.917. The van der Waals surface area contributed by atoms with Crippen molar-refractivity contribution in [1.82, 2.24) is 10.6 Å². The van der Waals surface area contributed by atoms with Gasteiger partial charge in [-0.05, 0) is 36.0 Å². The standard InChI is InChI=1S/C24H18Cl2F28N2O2/c25-23(51,52)21(47,48)19(43,44)17(39,40)15(35,36)13(31,32)11(27,28)9(57)55-7-5-3-1-2-4-6-8-56-10(58)12(29,30)14(33,34)16(37,38)18(41,42)20(45,46)22(49,50)24(26,53)54/h1-8H2,(H,55,57)(H,56,58). The third-order valence-corrected chi connectivity index (χ3v) is 7.88. The highest BCUT2D eigenvalue weighted by atomic mass is 35.5. The molecular weight excluding hydrogens is 951 g/mol. The average molecular weight is 969 g/mol. The Balaban J connectivity index is 5.31. The van der Waals surface area contributed by atoms with Gasteiger partial charge in [0.2, 0.25) is 0 Å². The predicted octanol–water partition coefficient (Wildman–Crippen LogP) is 10.8. The summed E-state index contributed by atoms with van der Waals surface area (Å²) in [5.41, 5.74) is 0. The van der Waals surface area contributed by atoms with Crippen LogP contribution in [0.2, 0.25) is 0 Å². The first kappa shape index (κ1) is 55.6. The van der Waals surface area contributed by atoms with E-state index in [0.29, 0.717) is 10.6 Å². The fourth-order valence-corrected chi connectivity index (χ4v) is 4.04. The second kappa shape index (κ2) is 16.4. The number of alkyl halides is 30. The van der Waals surface area contributed by atoms with E-state index < -0.39 is 132 Å². The molecule has 0 aliphatic rings. The second-order valence-corrected chi connectivity index (χ2v) is 12.5. The van der Waals surface area contributed by atoms with E-state index in [9.17, 15) is 133 Å². The van der Waals surface area contributed by atoms with Gasteiger partial charge in [0.15, 0.2) is 0 Å². The molecule has 0 fully saturated rings. The zero-order valence-corrected chi connectivity index (χ0v) is 28.3. The van der Waals surface area contributed by atoms with Crippen molar-refractivity contribution in [3.63, 3.8) is 0 Å². The van der Waals surface area contributed by atoms with E-state index >= 15 is 0 Å². The van der Waals surface area contributed by atoms with Crippen molar-refractivity contribution in [2.24, 2.45) is 0 Å². The largest absolute Gasteiger partial charge is 0.393 e. The number of carbonyl (C=O) groups is 2. The first-order valence-corrected chi connectivity index (χ1v) is 15.0. The Morgan fingerprint density at radius 3 is 0.672 bits per heavy atom. The topological polar surface area (TPSA) is 58.2 Å². The van der Waals surface area contributed by atoms with E-state index in [-0.39, 0.29) is 12.8 Å². The van der Waals surface area contributed by atoms with Crippen LogP contribution in [-0.4, -0.2) is 107 Å². The highest BCUT2D eigenvalue weighted by molar-refractivity contribution is 6.22. The van der Waals surface area contributed by atoms with Crippen molar-refractivity contribution in [2.75, 3.05) is 13.1 Å². The monoisotopic (exact) mass is 968 g/mol. The Bertz CT molecular complexity index is 1330. The molecule has 0 aromatic heterocycles. The molecule has 4 nitrogen and oxygen atoms in total. The molecule has 0 atom stereocenters. The molecule has 0 unspecified atom stereocenters. The summed E-state index contributed by atoms with van der Waals surface area (Å²) in [5, 5.41) is -12.3. The van der Waals surface area contributed by atoms with Crippen LogP contribution in [-0.2, 0) is 9.59 Å². The second-order valence-electron chi connectivity index (χ2n) is 11.5. The molecule has 0 rings (SSSR count). The summed E-state index contributed by atoms with van der Waals surface area (Å²) in [7, 11) is 0. The quantitative estimate of drug-likeness (QED) is 0.0609. The Morgan fingerprint density at radius 1 is 0.293 bits per heavy atom. The average Bonchev–Trinajstić information content (AvgIpc) is 3.03. The van der Waals surface area contributed by atoms with E-state index in [1.807, 2.05) is 0 Å². The van der Waals surface area contributed by atoms with E-state index in [1.165, 1.54) is 0 Å². The summed E-state index contributed by atoms with van der Waals surface area (Å²) >= 11 is 6.88. The van der Waals surface area contributed by atoms with Gasteiger partial charge in [-0.15, -0.1) is 0 Å². The molecule has 0 aliphatic heterocycles. The number of halogens is 30. The minimum atomic E-state index is -8.49. The molecule has 58 heavy (non-hydrogen) atoms. The third kappa shape index (κ3) is 8.68. The number of nitrogens with one attached hydrogen (secondary N) is 2. The minimum Gasteiger partial charge on any atom is -0.351 e. The number of hydrogen-bond donors (Lipinski definition) is 2. The molecule has 0 aliphatic carbocycles. The highest BCUT2D eigenvalue weighted by Crippen LogP contribution is 2.64. The lowest BCUT2D eigenvalue weighted by Gasteiger charge is -2.41. The normalized spacial score (nSPS) is 15.8. The van der Waals surface area contributed by atoms with Gasteiger partial charge in [-0.25, -0.2) is 0 Å². The van der Waals surface area contributed by atoms with Crippen LogP contribution in [0.4, 0.5) is 123 Å². The molecule has 0 bridgehead atoms. The molecule has 0 aromatic rings. The summed E-state index contributed by atoms with van der Waals surface area (Å²) in [6, 6.07) is 0. The molecule has 0 saturated heterocycles. The molecule has 346 valence electrons. The van der Waals surface area contributed by atoms with Crippen LogP contribution < -0.4 is 10.6 Å². The molecule has 0 saturated carbocycles. The summed E-state index contributed by atoms with van der Waals surface area (Å²) < 4.78 is 376. The summed E-state index contributed by atoms with van der Waals surface area (Å²) in [6.07, 6.45) is -2.82. The molecule has 0 heterocycles. The fourth-order valence-electron chi connectivity index (χ4n) is 3.80. The Morgan fingerprint density at radius 2 is 0.466 bits per heavy atom. The lowest BCUT2D eigenvalue weighted by atomic mass is 9.91. The van der Waals surface area contributed by atoms with Crippen molar-refractivity contribution in [2.45, 2.75) is 120 Å². The first-order valence-electron chi connectivity index (χ1n) is 14.3. The molecule has 0 spiro atoms. The number of unbranched alkanes of at least 4 members (excludes halogenated alkanes) is 5. The van der Waals surface area contributed by atoms with Gasteiger partial charge in [-0.1, -0.05) is 25.7 Å². The zero-order chi connectivity index (χ0) is 47.2. The Kier molecular flexibility index (Phi) is 15.8. The summed E-state index contributed by atoms with van der Waals surface area (Å²) in [6.45, 7) is -2.64. The van der Waals surface area contributed by atoms with Crippen LogP contribution in [0.5, 0.6) is 0 Å². The molecule has 34 heteroatoms. The van der Waals surface area contributed by atoms with Gasteiger partial charge in [0, 0.05) is 13.1 Å². The van der Waals surface area contributed by atoms with E-state index in [4.69, 9.17) is 0 Å². The summed E-state index contributed by atoms with van der Waals surface area (Å²) in [5.74, 6) is -104. The van der Waals surface area contributed by atoms with Crippen molar-refractivity contribution < 1.29 is 133 Å². The smallest absolute Gasteiger partial charge is 0.351 e. The zero-order valence-electron chi connectivity index (χ0n) is 26.8. The lowest BCUT2D eigenvalue weighted by molar-refractivity contribution is -0.431. The maximum atomic E-state index is 13.9. The maximum Gasteiger partial charge on any atom is 0.393 e. The highest BCUT2D eigenvalue weighted by Gasteiger charge is 2.95. The van der Waals surface area contributed by atoms with Crippen LogP contribution in [0, 0.1) is 0 Å². The minimum absolute atomic E-state index is 0.287. The van der Waals surface area contributed by atoms with Gasteiger partial charge in [0.25, 0.3) is 11.8 Å². The summed E-state index contributed by atoms with van der Waals surface area (Å²) in [4.78, 5) is 22.8. The molecule has 2 N–H and O–H groups in total. The Hall–Kier alpha value is -2.44. The van der Waals surface area contributed by atoms with Crippen molar-refractivity contribution in [3.05, 3.63) is 0 Å². The van der Waals surface area contributed by atoms with E-state index in [2.05, 4.69) is 23.2 Å². The number of amides is 2. The number of hydrogen-bond acceptors (Lipinski definition) is 2. The van der Waals surface area contributed by atoms with Gasteiger partial charge < -0.3 is 10.6 Å². The molecule has 2 amide bonds. The van der Waals surface area contributed by atoms with Crippen LogP contribution in [0.15, 0.2) is 0 Å². The van der Waals surface area contributed by atoms with E-state index in [1.54, 1.807) is 0 Å². The van der Waals surface area contributed by atoms with Crippen LogP contribution in [0.25, 0.3) is 0 Å². The van der Waals surface area contributed by atoms with E-state index in [0.717, 1.165) is 0 Å². The first-order chi connectivity index (χ1) is 25.0. The van der Waals surface area contributed by atoms with Crippen molar-refractivity contribution in [1.29, 1.82) is 0 Å². The van der Waals surface area contributed by atoms with Crippen molar-refractivity contribution >= 4 is 35.0 Å². The number of rotatable bonds is 23. The van der Waals surface area contributed by atoms with Crippen molar-refractivity contribution in [3.8, 4) is 0 Å². The molecule has 0 aromatic carbocycles. The lowest BCUT2D eigenvalue weighted by Crippen LogP contribution is -2.73. The van der Waals surface area contributed by atoms with Gasteiger partial charge in [0.1, 0.15) is 0 Å². The Labute approximate surface area is 312 Å². The molecular formula is C24H18Cl2F28N2O2. The maximum absolute atomic E-state index is 13.9. The SMILES string of the molecule is O=C(NCCCCCCCCNC(=O)C(F)(F)C(F)(F)C(F)(F)C(F)(F)C(F)(F)C(F)(F)C(F)(F)Cl)C(F)(F)C(F)(F)C(F)(F)C(F)(F)C(F)(F)C(F)(F)C(F)(F)Cl. The number of carbonyl (C=O) groups excluding carboxylic acids is 2. The van der Waals surface area contributed by atoms with Gasteiger partial charge in [0.05, 0.1) is 0 Å². The van der Waals surface area contributed by atoms with Gasteiger partial charge in [-0.2, -0.15) is 123 Å². The third-order valence-electron chi connectivity index (χ3n) is 7.40. The van der Waals surface area contributed by atoms with Crippen LogP contribution in [0.1, 0.15) is 38.5 Å². The van der Waals surface area contributed by atoms with Gasteiger partial charge in [-0.3, -0.25) is 9.59 Å². The van der Waals surface area contributed by atoms with Gasteiger partial charge >= 0.3 is 81.8 Å². The predicted molar refractivity (Wildman–Crippen MR) is 135 cm³/mol. The van der Waals surface area contributed by atoms with Crippen LogP contribution in [0.3, 0.4) is 0 Å². The molecule has 0 radical (unpaired) electrons.